The van der Waals surface area contributed by atoms with Crippen LogP contribution in [0.15, 0.2) is 59.6 Å². The third kappa shape index (κ3) is 5.61. The van der Waals surface area contributed by atoms with Crippen molar-refractivity contribution in [3.8, 4) is 5.75 Å². The molecule has 0 spiro atoms. The number of benzene rings is 2. The number of rotatable bonds is 5. The molecule has 2 unspecified atom stereocenters. The Balaban J connectivity index is 0.00000261. The van der Waals surface area contributed by atoms with E-state index in [4.69, 9.17) is 4.74 Å². The predicted octanol–water partition coefficient (Wildman–Crippen LogP) is 4.48. The summed E-state index contributed by atoms with van der Waals surface area (Å²) in [7, 11) is 3.58. The van der Waals surface area contributed by atoms with E-state index in [1.807, 2.05) is 19.2 Å². The summed E-state index contributed by atoms with van der Waals surface area (Å²) >= 11 is 0. The average Bonchev–Trinajstić information content (AvgIpc) is 3.19. The van der Waals surface area contributed by atoms with Crippen molar-refractivity contribution in [2.45, 2.75) is 25.2 Å². The summed E-state index contributed by atoms with van der Waals surface area (Å²) in [6, 6.07) is 19.1. The SMILES string of the molecule is CN=C(NCC(C)c1ccccc1)N1CCC(c2ccc(OC)cc2)C1.I. The average molecular weight is 479 g/mol. The van der Waals surface area contributed by atoms with Crippen LogP contribution in [0.2, 0.25) is 0 Å². The molecule has 5 heteroatoms. The third-order valence-electron chi connectivity index (χ3n) is 5.22. The van der Waals surface area contributed by atoms with Gasteiger partial charge in [0.15, 0.2) is 5.96 Å². The molecule has 2 atom stereocenters. The summed E-state index contributed by atoms with van der Waals surface area (Å²) in [4.78, 5) is 6.87. The molecular formula is C22H30IN3O. The van der Waals surface area contributed by atoms with E-state index >= 15 is 0 Å². The number of hydrogen-bond donors (Lipinski definition) is 1. The Morgan fingerprint density at radius 3 is 2.52 bits per heavy atom. The molecule has 27 heavy (non-hydrogen) atoms. The van der Waals surface area contributed by atoms with Crippen LogP contribution < -0.4 is 10.1 Å². The summed E-state index contributed by atoms with van der Waals surface area (Å²) < 4.78 is 5.26. The molecule has 0 bridgehead atoms. The fraction of sp³-hybridized carbons (Fsp3) is 0.409. The van der Waals surface area contributed by atoms with Gasteiger partial charge in [-0.3, -0.25) is 4.99 Å². The number of guanidine groups is 1. The molecule has 2 aromatic carbocycles. The Morgan fingerprint density at radius 2 is 1.89 bits per heavy atom. The van der Waals surface area contributed by atoms with E-state index in [9.17, 15) is 0 Å². The molecule has 0 aliphatic carbocycles. The molecule has 3 rings (SSSR count). The smallest absolute Gasteiger partial charge is 0.193 e. The number of halogens is 1. The van der Waals surface area contributed by atoms with E-state index in [2.05, 4.69) is 64.6 Å². The van der Waals surface area contributed by atoms with Gasteiger partial charge in [-0.15, -0.1) is 24.0 Å². The first-order valence-corrected chi connectivity index (χ1v) is 9.35. The van der Waals surface area contributed by atoms with Gasteiger partial charge in [-0.1, -0.05) is 49.4 Å². The van der Waals surface area contributed by atoms with Crippen molar-refractivity contribution < 1.29 is 4.74 Å². The standard InChI is InChI=1S/C22H29N3O.HI/c1-17(18-7-5-4-6-8-18)15-24-22(23-2)25-14-13-20(16-25)19-9-11-21(26-3)12-10-19;/h4-12,17,20H,13-16H2,1-3H3,(H,23,24);1H. The number of likely N-dealkylation sites (tertiary alicyclic amines) is 1. The lowest BCUT2D eigenvalue weighted by atomic mass is 9.98. The van der Waals surface area contributed by atoms with Crippen LogP contribution in [0.4, 0.5) is 0 Å². The maximum Gasteiger partial charge on any atom is 0.193 e. The topological polar surface area (TPSA) is 36.9 Å². The van der Waals surface area contributed by atoms with Crippen LogP contribution in [0.1, 0.15) is 36.3 Å². The lowest BCUT2D eigenvalue weighted by molar-refractivity contribution is 0.414. The van der Waals surface area contributed by atoms with Gasteiger partial charge in [0.25, 0.3) is 0 Å². The van der Waals surface area contributed by atoms with Crippen LogP contribution in [-0.2, 0) is 0 Å². The number of nitrogens with one attached hydrogen (secondary N) is 1. The van der Waals surface area contributed by atoms with E-state index in [1.165, 1.54) is 11.1 Å². The van der Waals surface area contributed by atoms with Crippen LogP contribution in [0.5, 0.6) is 5.75 Å². The Hall–Kier alpha value is -1.76. The molecule has 0 aromatic heterocycles. The second-order valence-electron chi connectivity index (χ2n) is 6.94. The highest BCUT2D eigenvalue weighted by Crippen LogP contribution is 2.28. The largest absolute Gasteiger partial charge is 0.497 e. The van der Waals surface area contributed by atoms with Crippen molar-refractivity contribution in [2.24, 2.45) is 4.99 Å². The second-order valence-corrected chi connectivity index (χ2v) is 6.94. The molecule has 1 heterocycles. The van der Waals surface area contributed by atoms with Crippen molar-refractivity contribution in [2.75, 3.05) is 33.8 Å². The molecular weight excluding hydrogens is 449 g/mol. The summed E-state index contributed by atoms with van der Waals surface area (Å²) in [6.45, 7) is 5.18. The van der Waals surface area contributed by atoms with Crippen molar-refractivity contribution in [1.29, 1.82) is 0 Å². The fourth-order valence-corrected chi connectivity index (χ4v) is 3.58. The lowest BCUT2D eigenvalue weighted by Gasteiger charge is -2.23. The number of hydrogen-bond acceptors (Lipinski definition) is 2. The quantitative estimate of drug-likeness (QED) is 0.391. The van der Waals surface area contributed by atoms with E-state index in [0.29, 0.717) is 11.8 Å². The molecule has 1 aliphatic heterocycles. The third-order valence-corrected chi connectivity index (χ3v) is 5.22. The van der Waals surface area contributed by atoms with Gasteiger partial charge < -0.3 is 15.0 Å². The number of ether oxygens (including phenoxy) is 1. The minimum absolute atomic E-state index is 0. The molecule has 2 aromatic rings. The highest BCUT2D eigenvalue weighted by Gasteiger charge is 2.26. The highest BCUT2D eigenvalue weighted by atomic mass is 127. The van der Waals surface area contributed by atoms with Crippen molar-refractivity contribution >= 4 is 29.9 Å². The molecule has 1 fully saturated rings. The monoisotopic (exact) mass is 479 g/mol. The Bertz CT molecular complexity index is 718. The van der Waals surface area contributed by atoms with Gasteiger partial charge in [-0.05, 0) is 35.6 Å². The first kappa shape index (κ1) is 21.5. The Morgan fingerprint density at radius 1 is 1.19 bits per heavy atom. The van der Waals surface area contributed by atoms with E-state index in [-0.39, 0.29) is 24.0 Å². The number of aliphatic imine (C=N–C) groups is 1. The van der Waals surface area contributed by atoms with Gasteiger partial charge in [0.05, 0.1) is 7.11 Å². The zero-order valence-corrected chi connectivity index (χ0v) is 18.7. The molecule has 1 N–H and O–H groups in total. The van der Waals surface area contributed by atoms with Gasteiger partial charge in [-0.2, -0.15) is 0 Å². The minimum atomic E-state index is 0. The van der Waals surface area contributed by atoms with Gasteiger partial charge >= 0.3 is 0 Å². The molecule has 0 saturated carbocycles. The maximum atomic E-state index is 5.26. The molecule has 0 radical (unpaired) electrons. The number of methoxy groups -OCH3 is 1. The minimum Gasteiger partial charge on any atom is -0.497 e. The summed E-state index contributed by atoms with van der Waals surface area (Å²) in [6.07, 6.45) is 1.15. The van der Waals surface area contributed by atoms with Crippen molar-refractivity contribution in [3.05, 3.63) is 65.7 Å². The summed E-state index contributed by atoms with van der Waals surface area (Å²) in [5, 5.41) is 3.56. The van der Waals surface area contributed by atoms with Gasteiger partial charge in [0.1, 0.15) is 5.75 Å². The number of nitrogens with zero attached hydrogens (tertiary/aromatic N) is 2. The first-order valence-electron chi connectivity index (χ1n) is 9.35. The van der Waals surface area contributed by atoms with E-state index in [0.717, 1.165) is 37.8 Å². The summed E-state index contributed by atoms with van der Waals surface area (Å²) in [5.74, 6) is 2.92. The van der Waals surface area contributed by atoms with Crippen molar-refractivity contribution in [3.63, 3.8) is 0 Å². The summed E-state index contributed by atoms with van der Waals surface area (Å²) in [5.41, 5.74) is 2.73. The van der Waals surface area contributed by atoms with Crippen LogP contribution in [0, 0.1) is 0 Å². The maximum absolute atomic E-state index is 5.26. The van der Waals surface area contributed by atoms with Crippen molar-refractivity contribution in [1.82, 2.24) is 10.2 Å². The highest BCUT2D eigenvalue weighted by molar-refractivity contribution is 14.0. The molecule has 4 nitrogen and oxygen atoms in total. The van der Waals surface area contributed by atoms with E-state index in [1.54, 1.807) is 7.11 Å². The molecule has 1 saturated heterocycles. The van der Waals surface area contributed by atoms with Gasteiger partial charge in [-0.25, -0.2) is 0 Å². The second kappa shape index (κ2) is 10.5. The fourth-order valence-electron chi connectivity index (χ4n) is 3.58. The molecule has 146 valence electrons. The van der Waals surface area contributed by atoms with E-state index < -0.39 is 0 Å². The Labute approximate surface area is 180 Å². The normalized spacial score (nSPS) is 18.0. The van der Waals surface area contributed by atoms with Gasteiger partial charge in [0, 0.05) is 32.6 Å². The zero-order chi connectivity index (χ0) is 18.4. The van der Waals surface area contributed by atoms with Crippen LogP contribution in [-0.4, -0.2) is 44.7 Å². The Kier molecular flexibility index (Phi) is 8.41. The molecule has 1 aliphatic rings. The zero-order valence-electron chi connectivity index (χ0n) is 16.4. The molecule has 0 amide bonds. The van der Waals surface area contributed by atoms with Crippen LogP contribution >= 0.6 is 24.0 Å². The lowest BCUT2D eigenvalue weighted by Crippen LogP contribution is -2.41. The van der Waals surface area contributed by atoms with Gasteiger partial charge in [0.2, 0.25) is 0 Å². The first-order chi connectivity index (χ1) is 12.7. The predicted molar refractivity (Wildman–Crippen MR) is 124 cm³/mol. The van der Waals surface area contributed by atoms with Crippen LogP contribution in [0.3, 0.4) is 0 Å². The van der Waals surface area contributed by atoms with Crippen LogP contribution in [0.25, 0.3) is 0 Å².